The van der Waals surface area contributed by atoms with E-state index in [0.29, 0.717) is 49.7 Å². The van der Waals surface area contributed by atoms with Crippen molar-refractivity contribution >= 4 is 50.3 Å². The van der Waals surface area contributed by atoms with E-state index in [2.05, 4.69) is 20.5 Å². The standard InChI is InChI=1S/C29H39N7O4S/c1-18-16-21-22(24(32-28(40)30-3)41-23(21)31-19(18)2)25(37)33-14-8-20(9-15-33)34-11-7-10-29(17-34)26(38)35-12-5-4-6-13-36(35)27(29)39/h16,20H,4-15,17H2,1-3H3,(H2,30,32,40). The zero-order valence-electron chi connectivity index (χ0n) is 24.1. The lowest BCUT2D eigenvalue weighted by Crippen LogP contribution is -2.56. The van der Waals surface area contributed by atoms with E-state index in [9.17, 15) is 19.2 Å². The minimum absolute atomic E-state index is 0.0127. The van der Waals surface area contributed by atoms with Crippen molar-refractivity contribution in [1.29, 1.82) is 0 Å². The second-order valence-electron chi connectivity index (χ2n) is 11.9. The van der Waals surface area contributed by atoms with Crippen LogP contribution in [0.1, 0.15) is 66.6 Å². The van der Waals surface area contributed by atoms with E-state index in [4.69, 9.17) is 0 Å². The van der Waals surface area contributed by atoms with Crippen LogP contribution in [0.4, 0.5) is 9.80 Å². The van der Waals surface area contributed by atoms with E-state index in [1.54, 1.807) is 17.1 Å². The summed E-state index contributed by atoms with van der Waals surface area (Å²) in [6.07, 6.45) is 5.91. The van der Waals surface area contributed by atoms with Crippen LogP contribution in [-0.2, 0) is 9.59 Å². The Morgan fingerprint density at radius 2 is 1.66 bits per heavy atom. The fourth-order valence-corrected chi connectivity index (χ4v) is 8.06. The third kappa shape index (κ3) is 4.74. The van der Waals surface area contributed by atoms with Crippen molar-refractivity contribution in [2.45, 2.75) is 64.8 Å². The number of urea groups is 1. The maximum Gasteiger partial charge on any atom is 0.319 e. The summed E-state index contributed by atoms with van der Waals surface area (Å²) < 4.78 is 0. The monoisotopic (exact) mass is 581 g/mol. The highest BCUT2D eigenvalue weighted by molar-refractivity contribution is 7.23. The molecule has 2 aromatic rings. The van der Waals surface area contributed by atoms with Crippen LogP contribution in [0.5, 0.6) is 0 Å². The molecule has 0 bridgehead atoms. The molecule has 4 aliphatic heterocycles. The van der Waals surface area contributed by atoms with Crippen molar-refractivity contribution in [2.24, 2.45) is 5.41 Å². The topological polar surface area (TPSA) is 118 Å². The Morgan fingerprint density at radius 3 is 2.32 bits per heavy atom. The van der Waals surface area contributed by atoms with Crippen molar-refractivity contribution in [3.8, 4) is 0 Å². The summed E-state index contributed by atoms with van der Waals surface area (Å²) in [5.74, 6) is -0.133. The second kappa shape index (κ2) is 10.9. The quantitative estimate of drug-likeness (QED) is 0.538. The first-order chi connectivity index (χ1) is 19.7. The Morgan fingerprint density at radius 1 is 0.976 bits per heavy atom. The van der Waals surface area contributed by atoms with Gasteiger partial charge < -0.3 is 10.2 Å². The number of hydrogen-bond acceptors (Lipinski definition) is 7. The summed E-state index contributed by atoms with van der Waals surface area (Å²) in [6, 6.07) is 1.81. The predicted molar refractivity (Wildman–Crippen MR) is 157 cm³/mol. The number of pyridine rings is 1. The van der Waals surface area contributed by atoms with Gasteiger partial charge in [0, 0.05) is 56.9 Å². The summed E-state index contributed by atoms with van der Waals surface area (Å²) in [6.45, 7) is 7.65. The van der Waals surface area contributed by atoms with E-state index in [1.165, 1.54) is 11.3 Å². The average Bonchev–Trinajstić information content (AvgIpc) is 3.25. The molecule has 2 N–H and O–H groups in total. The smallest absolute Gasteiger partial charge is 0.319 e. The van der Waals surface area contributed by atoms with E-state index in [-0.39, 0.29) is 29.8 Å². The number of carbonyl (C=O) groups excluding carboxylic acids is 4. The number of hydrazine groups is 1. The molecule has 0 aromatic carbocycles. The van der Waals surface area contributed by atoms with E-state index in [1.807, 2.05) is 24.8 Å². The molecule has 0 saturated carbocycles. The maximum atomic E-state index is 13.9. The highest BCUT2D eigenvalue weighted by Gasteiger charge is 2.60. The normalized spacial score (nSPS) is 21.9. The SMILES string of the molecule is CNC(=O)Nc1sc2nc(C)c(C)cc2c1C(=O)N1CCC(N2CCCC3(C2)C(=O)N2CCCCCN2C3=O)CC1. The van der Waals surface area contributed by atoms with Gasteiger partial charge in [-0.05, 0) is 77.0 Å². The number of carbonyl (C=O) groups is 4. The lowest BCUT2D eigenvalue weighted by Gasteiger charge is -2.44. The van der Waals surface area contributed by atoms with Crippen LogP contribution >= 0.6 is 11.3 Å². The molecule has 12 heteroatoms. The van der Waals surface area contributed by atoms with Gasteiger partial charge in [-0.2, -0.15) is 0 Å². The Bertz CT molecular complexity index is 1380. The van der Waals surface area contributed by atoms with Gasteiger partial charge in [-0.25, -0.2) is 9.78 Å². The first-order valence-corrected chi connectivity index (χ1v) is 15.6. The number of piperidine rings is 2. The van der Waals surface area contributed by atoms with Crippen molar-refractivity contribution < 1.29 is 19.2 Å². The van der Waals surface area contributed by atoms with Crippen LogP contribution in [0, 0.1) is 19.3 Å². The van der Waals surface area contributed by atoms with Crippen molar-refractivity contribution in [3.05, 3.63) is 22.9 Å². The van der Waals surface area contributed by atoms with Gasteiger partial charge in [-0.3, -0.25) is 34.6 Å². The van der Waals surface area contributed by atoms with Gasteiger partial charge in [0.05, 0.1) is 5.56 Å². The van der Waals surface area contributed by atoms with Crippen LogP contribution in [0.3, 0.4) is 0 Å². The number of nitrogens with one attached hydrogen (secondary N) is 2. The molecular weight excluding hydrogens is 542 g/mol. The van der Waals surface area contributed by atoms with Gasteiger partial charge in [0.1, 0.15) is 15.2 Å². The summed E-state index contributed by atoms with van der Waals surface area (Å²) in [7, 11) is 1.54. The molecule has 1 spiro atoms. The Balaban J connectivity index is 1.18. The molecule has 0 atom stereocenters. The van der Waals surface area contributed by atoms with Crippen LogP contribution in [0.15, 0.2) is 6.07 Å². The molecule has 4 aliphatic rings. The van der Waals surface area contributed by atoms with E-state index < -0.39 is 5.41 Å². The summed E-state index contributed by atoms with van der Waals surface area (Å²) in [4.78, 5) is 62.9. The molecule has 4 fully saturated rings. The number of rotatable bonds is 3. The maximum absolute atomic E-state index is 13.9. The lowest BCUT2D eigenvalue weighted by molar-refractivity contribution is -0.145. The Kier molecular flexibility index (Phi) is 7.39. The Labute approximate surface area is 244 Å². The first kappa shape index (κ1) is 27.9. The molecule has 6 heterocycles. The fourth-order valence-electron chi connectivity index (χ4n) is 6.97. The molecule has 6 rings (SSSR count). The number of hydrogen-bond donors (Lipinski definition) is 2. The highest BCUT2D eigenvalue weighted by atomic mass is 32.1. The van der Waals surface area contributed by atoms with E-state index >= 15 is 0 Å². The zero-order valence-corrected chi connectivity index (χ0v) is 24.9. The Hall–Kier alpha value is -3.25. The third-order valence-corrected chi connectivity index (χ3v) is 10.4. The molecule has 4 saturated heterocycles. The minimum Gasteiger partial charge on any atom is -0.341 e. The van der Waals surface area contributed by atoms with Crippen LogP contribution in [-0.4, -0.2) is 101 Å². The molecule has 0 aliphatic carbocycles. The molecule has 220 valence electrons. The summed E-state index contributed by atoms with van der Waals surface area (Å²) in [5.41, 5.74) is 1.42. The van der Waals surface area contributed by atoms with Gasteiger partial charge in [-0.15, -0.1) is 0 Å². The van der Waals surface area contributed by atoms with Crippen molar-refractivity contribution in [1.82, 2.24) is 30.1 Å². The van der Waals surface area contributed by atoms with Gasteiger partial charge >= 0.3 is 6.03 Å². The molecule has 2 aromatic heterocycles. The number of amides is 5. The van der Waals surface area contributed by atoms with Crippen molar-refractivity contribution in [3.63, 3.8) is 0 Å². The van der Waals surface area contributed by atoms with Crippen LogP contribution in [0.2, 0.25) is 0 Å². The number of aryl methyl sites for hydroxylation is 2. The number of nitrogens with zero attached hydrogens (tertiary/aromatic N) is 5. The predicted octanol–water partition coefficient (Wildman–Crippen LogP) is 3.12. The molecule has 0 unspecified atom stereocenters. The van der Waals surface area contributed by atoms with Gasteiger partial charge in [-0.1, -0.05) is 11.3 Å². The molecule has 0 radical (unpaired) electrons. The molecular formula is C29H39N7O4S. The lowest BCUT2D eigenvalue weighted by atomic mass is 9.78. The number of likely N-dealkylation sites (tertiary alicyclic amines) is 2. The number of fused-ring (bicyclic) bond motifs is 2. The van der Waals surface area contributed by atoms with Gasteiger partial charge in [0.25, 0.3) is 17.7 Å². The second-order valence-corrected chi connectivity index (χ2v) is 12.8. The first-order valence-electron chi connectivity index (χ1n) is 14.8. The summed E-state index contributed by atoms with van der Waals surface area (Å²) >= 11 is 1.32. The average molecular weight is 582 g/mol. The van der Waals surface area contributed by atoms with Gasteiger partial charge in [0.15, 0.2) is 0 Å². The molecule has 5 amide bonds. The van der Waals surface area contributed by atoms with Crippen molar-refractivity contribution in [2.75, 3.05) is 51.6 Å². The number of anilines is 1. The molecule has 41 heavy (non-hydrogen) atoms. The number of thiophene rings is 1. The van der Waals surface area contributed by atoms with Crippen LogP contribution < -0.4 is 10.6 Å². The highest BCUT2D eigenvalue weighted by Crippen LogP contribution is 2.42. The number of aromatic nitrogens is 1. The fraction of sp³-hybridized carbons (Fsp3) is 0.621. The minimum atomic E-state index is -0.957. The zero-order chi connectivity index (χ0) is 28.9. The summed E-state index contributed by atoms with van der Waals surface area (Å²) in [5, 5.41) is 10.1. The largest absolute Gasteiger partial charge is 0.341 e. The van der Waals surface area contributed by atoms with E-state index in [0.717, 1.165) is 66.5 Å². The van der Waals surface area contributed by atoms with Crippen LogP contribution in [0.25, 0.3) is 10.2 Å². The third-order valence-electron chi connectivity index (χ3n) is 9.40. The molecule has 11 nitrogen and oxygen atoms in total. The van der Waals surface area contributed by atoms with Gasteiger partial charge in [0.2, 0.25) is 0 Å².